The minimum atomic E-state index is -1.42. The zero-order chi connectivity index (χ0) is 36.2. The maximum absolute atomic E-state index is 12.3. The van der Waals surface area contributed by atoms with Gasteiger partial charge in [0.25, 0.3) is 0 Å². The summed E-state index contributed by atoms with van der Waals surface area (Å²) in [5.74, 6) is -1.99. The van der Waals surface area contributed by atoms with Gasteiger partial charge in [0, 0.05) is 45.4 Å². The van der Waals surface area contributed by atoms with Crippen LogP contribution in [-0.2, 0) is 60.6 Å². The third-order valence-corrected chi connectivity index (χ3v) is 7.53. The van der Waals surface area contributed by atoms with Gasteiger partial charge in [0.2, 0.25) is 18.3 Å². The van der Waals surface area contributed by atoms with Crippen molar-refractivity contribution < 1.29 is 57.1 Å². The highest BCUT2D eigenvalue weighted by molar-refractivity contribution is 5.68. The van der Waals surface area contributed by atoms with Crippen molar-refractivity contribution in [3.63, 3.8) is 0 Å². The van der Waals surface area contributed by atoms with E-state index in [0.29, 0.717) is 37.6 Å². The Morgan fingerprint density at radius 3 is 2.04 bits per heavy atom. The van der Waals surface area contributed by atoms with Gasteiger partial charge < -0.3 is 37.9 Å². The SMILES string of the molecule is CC(=O)OC[C@H]1OC(Oc2n[nH]c(C(C)C)c2Cc2ccc(OCCOCc3ccccc3)cc2)[C@H](OC(C)=O)[C@@H](OC(C)=O)[C@@H]1OC(C)=O. The molecule has 0 amide bonds. The zero-order valence-electron chi connectivity index (χ0n) is 29.0. The van der Waals surface area contributed by atoms with E-state index in [4.69, 9.17) is 37.9 Å². The zero-order valence-corrected chi connectivity index (χ0v) is 29.0. The lowest BCUT2D eigenvalue weighted by atomic mass is 9.97. The molecule has 3 aromatic rings. The molecule has 50 heavy (non-hydrogen) atoms. The molecule has 0 bridgehead atoms. The Balaban J connectivity index is 1.53. The molecule has 1 N–H and O–H groups in total. The lowest BCUT2D eigenvalue weighted by Gasteiger charge is -2.43. The molecule has 0 radical (unpaired) electrons. The number of ether oxygens (including phenoxy) is 8. The highest BCUT2D eigenvalue weighted by Gasteiger charge is 2.53. The molecule has 14 heteroatoms. The summed E-state index contributed by atoms with van der Waals surface area (Å²) in [7, 11) is 0. The molecule has 1 aliphatic rings. The second kappa shape index (κ2) is 18.2. The molecular formula is C36H44N2O12. The van der Waals surface area contributed by atoms with E-state index in [9.17, 15) is 19.2 Å². The lowest BCUT2D eigenvalue weighted by Crippen LogP contribution is -2.63. The molecule has 4 rings (SSSR count). The predicted octanol–water partition coefficient (Wildman–Crippen LogP) is 4.18. The number of hydrogen-bond acceptors (Lipinski definition) is 13. The van der Waals surface area contributed by atoms with E-state index in [2.05, 4.69) is 10.2 Å². The molecule has 5 atom stereocenters. The number of carbonyl (C=O) groups is 4. The molecular weight excluding hydrogens is 652 g/mol. The van der Waals surface area contributed by atoms with Crippen LogP contribution in [0.2, 0.25) is 0 Å². The van der Waals surface area contributed by atoms with Crippen molar-refractivity contribution in [1.29, 1.82) is 0 Å². The molecule has 1 saturated heterocycles. The second-order valence-electron chi connectivity index (χ2n) is 12.0. The number of aromatic amines is 1. The standard InChI is InChI=1S/C36H44N2O12/c1-21(2)31-29(18-26-12-14-28(15-13-26)44-17-16-43-19-27-10-8-7-9-11-27)35(38-37-31)50-36-34(48-25(6)42)33(47-24(5)41)32(46-23(4)40)30(49-36)20-45-22(3)39/h7-15,21,30,32-34,36H,16-20H2,1-6H3,(H,37,38)/t30-,32-,33+,34-,36?/m1/s1. The van der Waals surface area contributed by atoms with Gasteiger partial charge in [0.15, 0.2) is 12.2 Å². The van der Waals surface area contributed by atoms with Crippen molar-refractivity contribution in [2.24, 2.45) is 0 Å². The smallest absolute Gasteiger partial charge is 0.303 e. The van der Waals surface area contributed by atoms with Crippen LogP contribution in [0.4, 0.5) is 0 Å². The largest absolute Gasteiger partial charge is 0.491 e. The average Bonchev–Trinajstić information content (AvgIpc) is 3.45. The number of rotatable bonds is 16. The number of hydrogen-bond donors (Lipinski definition) is 1. The first kappa shape index (κ1) is 37.9. The van der Waals surface area contributed by atoms with E-state index in [1.54, 1.807) is 0 Å². The average molecular weight is 697 g/mol. The van der Waals surface area contributed by atoms with Crippen LogP contribution in [0, 0.1) is 0 Å². The van der Waals surface area contributed by atoms with Crippen LogP contribution in [0.5, 0.6) is 11.6 Å². The van der Waals surface area contributed by atoms with E-state index in [1.807, 2.05) is 68.4 Å². The van der Waals surface area contributed by atoms with Crippen molar-refractivity contribution in [1.82, 2.24) is 10.2 Å². The minimum absolute atomic E-state index is 0.0174. The van der Waals surface area contributed by atoms with Crippen molar-refractivity contribution in [3.05, 3.63) is 77.0 Å². The van der Waals surface area contributed by atoms with Crippen LogP contribution in [0.1, 0.15) is 69.8 Å². The lowest BCUT2D eigenvalue weighted by molar-refractivity contribution is -0.289. The molecule has 0 spiro atoms. The molecule has 1 aromatic heterocycles. The third-order valence-electron chi connectivity index (χ3n) is 7.53. The maximum Gasteiger partial charge on any atom is 0.303 e. The fourth-order valence-corrected chi connectivity index (χ4v) is 5.39. The summed E-state index contributed by atoms with van der Waals surface area (Å²) in [6, 6.07) is 17.5. The number of benzene rings is 2. The van der Waals surface area contributed by atoms with Crippen LogP contribution < -0.4 is 9.47 Å². The summed E-state index contributed by atoms with van der Waals surface area (Å²) >= 11 is 0. The van der Waals surface area contributed by atoms with Crippen molar-refractivity contribution in [2.75, 3.05) is 19.8 Å². The number of H-pyrrole nitrogens is 1. The van der Waals surface area contributed by atoms with E-state index >= 15 is 0 Å². The van der Waals surface area contributed by atoms with Crippen molar-refractivity contribution >= 4 is 23.9 Å². The summed E-state index contributed by atoms with van der Waals surface area (Å²) < 4.78 is 45.6. The highest BCUT2D eigenvalue weighted by atomic mass is 16.7. The Hall–Kier alpha value is -4.95. The summed E-state index contributed by atoms with van der Waals surface area (Å²) in [6.45, 7) is 9.60. The number of nitrogens with zero attached hydrogens (tertiary/aromatic N) is 1. The van der Waals surface area contributed by atoms with Crippen LogP contribution in [0.3, 0.4) is 0 Å². The topological polar surface area (TPSA) is 171 Å². The predicted molar refractivity (Wildman–Crippen MR) is 176 cm³/mol. The van der Waals surface area contributed by atoms with Gasteiger partial charge in [-0.15, -0.1) is 5.10 Å². The Morgan fingerprint density at radius 1 is 0.780 bits per heavy atom. The van der Waals surface area contributed by atoms with Gasteiger partial charge in [0.05, 0.1) is 13.2 Å². The second-order valence-corrected chi connectivity index (χ2v) is 12.0. The number of esters is 4. The third kappa shape index (κ3) is 11.0. The highest BCUT2D eigenvalue weighted by Crippen LogP contribution is 2.34. The molecule has 0 aliphatic carbocycles. The summed E-state index contributed by atoms with van der Waals surface area (Å²) in [5.41, 5.74) is 3.51. The van der Waals surface area contributed by atoms with E-state index < -0.39 is 54.6 Å². The minimum Gasteiger partial charge on any atom is -0.491 e. The Labute approximate surface area is 290 Å². The van der Waals surface area contributed by atoms with Gasteiger partial charge in [-0.2, -0.15) is 0 Å². The first-order chi connectivity index (χ1) is 23.9. The molecule has 14 nitrogen and oxygen atoms in total. The summed E-state index contributed by atoms with van der Waals surface area (Å²) in [6.07, 6.45) is -6.26. The number of carbonyl (C=O) groups excluding carboxylic acids is 4. The fraction of sp³-hybridized carbons (Fsp3) is 0.472. The van der Waals surface area contributed by atoms with Gasteiger partial charge in [-0.3, -0.25) is 24.3 Å². The van der Waals surface area contributed by atoms with Crippen molar-refractivity contribution in [3.8, 4) is 11.6 Å². The fourth-order valence-electron chi connectivity index (χ4n) is 5.39. The maximum atomic E-state index is 12.3. The first-order valence-electron chi connectivity index (χ1n) is 16.3. The monoisotopic (exact) mass is 696 g/mol. The van der Waals surface area contributed by atoms with E-state index in [1.165, 1.54) is 6.92 Å². The molecule has 1 fully saturated rings. The molecule has 2 heterocycles. The van der Waals surface area contributed by atoms with E-state index in [-0.39, 0.29) is 18.4 Å². The summed E-state index contributed by atoms with van der Waals surface area (Å²) in [5, 5.41) is 7.44. The van der Waals surface area contributed by atoms with Crippen LogP contribution in [-0.4, -0.2) is 84.6 Å². The van der Waals surface area contributed by atoms with Gasteiger partial charge in [-0.25, -0.2) is 0 Å². The van der Waals surface area contributed by atoms with Crippen LogP contribution in [0.25, 0.3) is 0 Å². The molecule has 270 valence electrons. The van der Waals surface area contributed by atoms with Crippen LogP contribution in [0.15, 0.2) is 54.6 Å². The Morgan fingerprint density at radius 2 is 1.42 bits per heavy atom. The molecule has 1 unspecified atom stereocenters. The quantitative estimate of drug-likeness (QED) is 0.129. The first-order valence-corrected chi connectivity index (χ1v) is 16.3. The van der Waals surface area contributed by atoms with Crippen molar-refractivity contribution in [2.45, 2.75) is 91.2 Å². The summed E-state index contributed by atoms with van der Waals surface area (Å²) in [4.78, 5) is 48.2. The Bertz CT molecular complexity index is 1570. The number of nitrogens with one attached hydrogen (secondary N) is 1. The molecule has 0 saturated carbocycles. The van der Waals surface area contributed by atoms with Gasteiger partial charge in [-0.1, -0.05) is 56.3 Å². The molecule has 1 aliphatic heterocycles. The Kier molecular flexibility index (Phi) is 13.8. The molecule has 2 aromatic carbocycles. The van der Waals surface area contributed by atoms with Crippen LogP contribution >= 0.6 is 0 Å². The number of aromatic nitrogens is 2. The normalized spacial score (nSPS) is 20.1. The van der Waals surface area contributed by atoms with E-state index in [0.717, 1.165) is 37.6 Å². The van der Waals surface area contributed by atoms with Gasteiger partial charge in [-0.05, 0) is 29.2 Å². The van der Waals surface area contributed by atoms with Gasteiger partial charge >= 0.3 is 23.9 Å². The van der Waals surface area contributed by atoms with Gasteiger partial charge in [0.1, 0.15) is 25.1 Å².